The van der Waals surface area contributed by atoms with Crippen LogP contribution in [0.25, 0.3) is 0 Å². The summed E-state index contributed by atoms with van der Waals surface area (Å²) >= 11 is 0. The molecule has 116 valence electrons. The van der Waals surface area contributed by atoms with Crippen molar-refractivity contribution in [3.63, 3.8) is 0 Å². The Bertz CT molecular complexity index is 473. The van der Waals surface area contributed by atoms with E-state index in [0.717, 1.165) is 37.1 Å². The maximum atomic E-state index is 12.3. The highest BCUT2D eigenvalue weighted by molar-refractivity contribution is 5.78. The van der Waals surface area contributed by atoms with Crippen LogP contribution < -0.4 is 4.74 Å². The fourth-order valence-electron chi connectivity index (χ4n) is 2.80. The van der Waals surface area contributed by atoms with Gasteiger partial charge in [-0.05, 0) is 37.8 Å². The Balaban J connectivity index is 1.89. The largest absolute Gasteiger partial charge is 0.483 e. The molecule has 0 saturated carbocycles. The lowest BCUT2D eigenvalue weighted by atomic mass is 9.93. The van der Waals surface area contributed by atoms with E-state index in [4.69, 9.17) is 4.74 Å². The van der Waals surface area contributed by atoms with E-state index in [-0.39, 0.29) is 24.5 Å². The molecule has 0 radical (unpaired) electrons. The van der Waals surface area contributed by atoms with Gasteiger partial charge in [-0.25, -0.2) is 0 Å². The first-order valence-electron chi connectivity index (χ1n) is 7.78. The van der Waals surface area contributed by atoms with Gasteiger partial charge in [-0.1, -0.05) is 25.1 Å². The summed E-state index contributed by atoms with van der Waals surface area (Å²) in [5, 5.41) is 9.68. The summed E-state index contributed by atoms with van der Waals surface area (Å²) in [5.74, 6) is 0.981. The number of hydrogen-bond acceptors (Lipinski definition) is 3. The minimum absolute atomic E-state index is 0.00579. The first-order chi connectivity index (χ1) is 10.1. The third-order valence-corrected chi connectivity index (χ3v) is 4.20. The lowest BCUT2D eigenvalue weighted by molar-refractivity contribution is -0.136. The number of aryl methyl sites for hydroxylation is 1. The minimum Gasteiger partial charge on any atom is -0.483 e. The van der Waals surface area contributed by atoms with E-state index < -0.39 is 0 Å². The molecule has 1 aliphatic rings. The summed E-state index contributed by atoms with van der Waals surface area (Å²) in [4.78, 5) is 14.1. The lowest BCUT2D eigenvalue weighted by Gasteiger charge is -2.34. The summed E-state index contributed by atoms with van der Waals surface area (Å²) in [7, 11) is 0. The molecule has 0 bridgehead atoms. The number of aliphatic hydroxyl groups excluding tert-OH is 1. The number of piperidine rings is 1. The van der Waals surface area contributed by atoms with Crippen molar-refractivity contribution in [3.05, 3.63) is 29.8 Å². The van der Waals surface area contributed by atoms with Gasteiger partial charge in [-0.2, -0.15) is 0 Å². The molecule has 0 aromatic heterocycles. The molecule has 2 rings (SSSR count). The fraction of sp³-hybridized carbons (Fsp3) is 0.588. The molecule has 1 N–H and O–H groups in total. The third-order valence-electron chi connectivity index (χ3n) is 4.20. The third kappa shape index (κ3) is 4.21. The molecule has 0 spiro atoms. The van der Waals surface area contributed by atoms with Gasteiger partial charge in [0.1, 0.15) is 5.75 Å². The maximum absolute atomic E-state index is 12.3. The number of aliphatic hydroxyl groups is 1. The van der Waals surface area contributed by atoms with Crippen LogP contribution in [0.5, 0.6) is 5.75 Å². The van der Waals surface area contributed by atoms with E-state index >= 15 is 0 Å². The van der Waals surface area contributed by atoms with Crippen molar-refractivity contribution < 1.29 is 14.6 Å². The normalized spacial score (nSPS) is 20.1. The molecule has 1 amide bonds. The molecule has 21 heavy (non-hydrogen) atoms. The monoisotopic (exact) mass is 291 g/mol. The molecule has 1 aromatic carbocycles. The zero-order valence-electron chi connectivity index (χ0n) is 12.9. The van der Waals surface area contributed by atoms with Gasteiger partial charge >= 0.3 is 0 Å². The standard InChI is InChI=1S/C17H25NO3/c1-3-14-7-4-5-9-16(14)21-12-17(20)18-10-6-8-15(11-18)13(2)19/h4-5,7,9,13,15,19H,3,6,8,10-12H2,1-2H3. The van der Waals surface area contributed by atoms with Crippen molar-refractivity contribution in [1.82, 2.24) is 4.90 Å². The zero-order chi connectivity index (χ0) is 15.2. The van der Waals surface area contributed by atoms with Crippen LogP contribution in [0, 0.1) is 5.92 Å². The number of rotatable bonds is 5. The van der Waals surface area contributed by atoms with Gasteiger partial charge in [0.25, 0.3) is 5.91 Å². The van der Waals surface area contributed by atoms with E-state index in [2.05, 4.69) is 6.92 Å². The second-order valence-corrected chi connectivity index (χ2v) is 5.73. The number of nitrogens with zero attached hydrogens (tertiary/aromatic N) is 1. The Hall–Kier alpha value is -1.55. The summed E-state index contributed by atoms with van der Waals surface area (Å²) in [6.07, 6.45) is 2.47. The van der Waals surface area contributed by atoms with E-state index in [0.29, 0.717) is 6.54 Å². The second-order valence-electron chi connectivity index (χ2n) is 5.73. The number of carbonyl (C=O) groups is 1. The fourth-order valence-corrected chi connectivity index (χ4v) is 2.80. The number of likely N-dealkylation sites (tertiary alicyclic amines) is 1. The summed E-state index contributed by atoms with van der Waals surface area (Å²) in [6, 6.07) is 7.82. The van der Waals surface area contributed by atoms with Crippen LogP contribution in [-0.2, 0) is 11.2 Å². The van der Waals surface area contributed by atoms with Gasteiger partial charge < -0.3 is 14.7 Å². The molecule has 1 aliphatic heterocycles. The molecule has 1 aromatic rings. The Morgan fingerprint density at radius 2 is 2.24 bits per heavy atom. The highest BCUT2D eigenvalue weighted by Gasteiger charge is 2.26. The van der Waals surface area contributed by atoms with E-state index in [1.807, 2.05) is 29.2 Å². The number of benzene rings is 1. The molecule has 4 heteroatoms. The van der Waals surface area contributed by atoms with Crippen molar-refractivity contribution in [2.45, 2.75) is 39.2 Å². The SMILES string of the molecule is CCc1ccccc1OCC(=O)N1CCCC(C(C)O)C1. The smallest absolute Gasteiger partial charge is 0.260 e. The number of ether oxygens (including phenoxy) is 1. The predicted molar refractivity (Wildman–Crippen MR) is 82.3 cm³/mol. The Morgan fingerprint density at radius 3 is 2.95 bits per heavy atom. The highest BCUT2D eigenvalue weighted by atomic mass is 16.5. The van der Waals surface area contributed by atoms with Gasteiger partial charge in [-0.3, -0.25) is 4.79 Å². The van der Waals surface area contributed by atoms with Crippen LogP contribution >= 0.6 is 0 Å². The topological polar surface area (TPSA) is 49.8 Å². The van der Waals surface area contributed by atoms with Crippen LogP contribution in [-0.4, -0.2) is 41.7 Å². The average Bonchev–Trinajstić information content (AvgIpc) is 2.52. The molecule has 2 unspecified atom stereocenters. The highest BCUT2D eigenvalue weighted by Crippen LogP contribution is 2.21. The maximum Gasteiger partial charge on any atom is 0.260 e. The molecule has 1 saturated heterocycles. The molecule has 4 nitrogen and oxygen atoms in total. The summed E-state index contributed by atoms with van der Waals surface area (Å²) < 4.78 is 5.69. The van der Waals surface area contributed by atoms with Crippen molar-refractivity contribution in [3.8, 4) is 5.75 Å². The molecule has 1 fully saturated rings. The van der Waals surface area contributed by atoms with Crippen LogP contribution in [0.3, 0.4) is 0 Å². The summed E-state index contributed by atoms with van der Waals surface area (Å²) in [5.41, 5.74) is 1.12. The van der Waals surface area contributed by atoms with Crippen molar-refractivity contribution in [2.24, 2.45) is 5.92 Å². The van der Waals surface area contributed by atoms with E-state index in [1.54, 1.807) is 6.92 Å². The number of carbonyl (C=O) groups excluding carboxylic acids is 1. The molecule has 0 aliphatic carbocycles. The van der Waals surface area contributed by atoms with E-state index in [9.17, 15) is 9.90 Å². The number of para-hydroxylation sites is 1. The molecule has 2 atom stereocenters. The van der Waals surface area contributed by atoms with Crippen LogP contribution in [0.2, 0.25) is 0 Å². The van der Waals surface area contributed by atoms with Gasteiger partial charge in [0, 0.05) is 19.0 Å². The second kappa shape index (κ2) is 7.46. The van der Waals surface area contributed by atoms with Crippen molar-refractivity contribution in [2.75, 3.05) is 19.7 Å². The van der Waals surface area contributed by atoms with Gasteiger partial charge in [0.2, 0.25) is 0 Å². The quantitative estimate of drug-likeness (QED) is 0.905. The zero-order valence-corrected chi connectivity index (χ0v) is 12.9. The Labute approximate surface area is 126 Å². The number of amides is 1. The van der Waals surface area contributed by atoms with Crippen LogP contribution in [0.1, 0.15) is 32.3 Å². The van der Waals surface area contributed by atoms with Gasteiger partial charge in [0.15, 0.2) is 6.61 Å². The first-order valence-corrected chi connectivity index (χ1v) is 7.78. The van der Waals surface area contributed by atoms with Gasteiger partial charge in [-0.15, -0.1) is 0 Å². The molecular weight excluding hydrogens is 266 g/mol. The number of hydrogen-bond donors (Lipinski definition) is 1. The molecular formula is C17H25NO3. The molecule has 1 heterocycles. The van der Waals surface area contributed by atoms with Gasteiger partial charge in [0.05, 0.1) is 6.10 Å². The lowest BCUT2D eigenvalue weighted by Crippen LogP contribution is -2.44. The first kappa shape index (κ1) is 15.8. The van der Waals surface area contributed by atoms with E-state index in [1.165, 1.54) is 0 Å². The van der Waals surface area contributed by atoms with Crippen molar-refractivity contribution in [1.29, 1.82) is 0 Å². The Morgan fingerprint density at radius 1 is 1.48 bits per heavy atom. The van der Waals surface area contributed by atoms with Crippen LogP contribution in [0.15, 0.2) is 24.3 Å². The van der Waals surface area contributed by atoms with Crippen LogP contribution in [0.4, 0.5) is 0 Å². The Kier molecular flexibility index (Phi) is 5.62. The summed E-state index contributed by atoms with van der Waals surface area (Å²) in [6.45, 7) is 5.34. The van der Waals surface area contributed by atoms with Crippen molar-refractivity contribution >= 4 is 5.91 Å². The average molecular weight is 291 g/mol. The predicted octanol–water partition coefficient (Wildman–Crippen LogP) is 2.25. The minimum atomic E-state index is -0.359.